The Morgan fingerprint density at radius 2 is 1.82 bits per heavy atom. The number of rotatable bonds is 3. The van der Waals surface area contributed by atoms with Crippen LogP contribution in [0, 0.1) is 6.92 Å². The number of anilines is 1. The van der Waals surface area contributed by atoms with E-state index in [4.69, 9.17) is 11.6 Å². The number of nitrogens with two attached hydrogens (primary N) is 2. The Balaban J connectivity index is 2.48. The molecule has 5 heteroatoms. The van der Waals surface area contributed by atoms with E-state index in [1.165, 1.54) is 0 Å². The number of aryl methyl sites for hydroxylation is 1. The second-order valence-electron chi connectivity index (χ2n) is 3.84. The molecule has 2 aromatic heterocycles. The van der Waals surface area contributed by atoms with Crippen LogP contribution in [0.1, 0.15) is 22.7 Å². The molecule has 0 aliphatic heterocycles. The fourth-order valence-electron chi connectivity index (χ4n) is 1.81. The van der Waals surface area contributed by atoms with Crippen LogP contribution in [0.3, 0.4) is 0 Å². The third kappa shape index (κ3) is 2.25. The summed E-state index contributed by atoms with van der Waals surface area (Å²) < 4.78 is 0. The van der Waals surface area contributed by atoms with Crippen molar-refractivity contribution in [2.24, 2.45) is 5.84 Å². The van der Waals surface area contributed by atoms with Crippen molar-refractivity contribution in [2.75, 3.05) is 5.73 Å². The summed E-state index contributed by atoms with van der Waals surface area (Å²) in [7, 11) is 0. The van der Waals surface area contributed by atoms with Gasteiger partial charge >= 0.3 is 0 Å². The summed E-state index contributed by atoms with van der Waals surface area (Å²) in [5.41, 5.74) is 12.3. The number of nitrogen functional groups attached to an aromatic ring is 1. The highest BCUT2D eigenvalue weighted by molar-refractivity contribution is 5.50. The normalized spacial score (nSPS) is 12.4. The summed E-state index contributed by atoms with van der Waals surface area (Å²) >= 11 is 0. The van der Waals surface area contributed by atoms with Crippen molar-refractivity contribution in [3.05, 3.63) is 53.6 Å². The third-order valence-electron chi connectivity index (χ3n) is 2.74. The first-order valence-electron chi connectivity index (χ1n) is 5.30. The highest BCUT2D eigenvalue weighted by atomic mass is 15.2. The first-order chi connectivity index (χ1) is 8.24. The number of hydrogen-bond acceptors (Lipinski definition) is 5. The molecule has 0 fully saturated rings. The number of nitrogens with one attached hydrogen (secondary N) is 1. The van der Waals surface area contributed by atoms with E-state index in [-0.39, 0.29) is 6.04 Å². The smallest absolute Gasteiger partial charge is 0.0749 e. The Hall–Kier alpha value is -1.98. The Kier molecular flexibility index (Phi) is 3.32. The van der Waals surface area contributed by atoms with Crippen molar-refractivity contribution in [1.29, 1.82) is 0 Å². The monoisotopic (exact) mass is 229 g/mol. The van der Waals surface area contributed by atoms with Gasteiger partial charge < -0.3 is 5.73 Å². The topological polar surface area (TPSA) is 89.8 Å². The molecule has 0 saturated heterocycles. The summed E-state index contributed by atoms with van der Waals surface area (Å²) in [6.45, 7) is 1.99. The van der Waals surface area contributed by atoms with Crippen LogP contribution in [-0.4, -0.2) is 9.97 Å². The Morgan fingerprint density at radius 3 is 2.47 bits per heavy atom. The van der Waals surface area contributed by atoms with Gasteiger partial charge in [0.25, 0.3) is 0 Å². The molecule has 2 heterocycles. The van der Waals surface area contributed by atoms with Crippen LogP contribution in [0.15, 0.2) is 36.9 Å². The molecular formula is C12H15N5. The Bertz CT molecular complexity index is 466. The molecular weight excluding hydrogens is 214 g/mol. The maximum atomic E-state index is 5.93. The fraction of sp³-hybridized carbons (Fsp3) is 0.167. The lowest BCUT2D eigenvalue weighted by molar-refractivity contribution is 0.632. The Morgan fingerprint density at radius 1 is 1.12 bits per heavy atom. The lowest BCUT2D eigenvalue weighted by atomic mass is 9.97. The number of aromatic nitrogens is 2. The van der Waals surface area contributed by atoms with Crippen molar-refractivity contribution in [3.8, 4) is 0 Å². The van der Waals surface area contributed by atoms with E-state index < -0.39 is 0 Å². The molecule has 5 nitrogen and oxygen atoms in total. The molecule has 2 rings (SSSR count). The predicted molar refractivity (Wildman–Crippen MR) is 66.8 cm³/mol. The van der Waals surface area contributed by atoms with Crippen LogP contribution < -0.4 is 17.0 Å². The molecule has 0 aliphatic carbocycles. The molecule has 2 aromatic rings. The van der Waals surface area contributed by atoms with Crippen LogP contribution in [0.5, 0.6) is 0 Å². The highest BCUT2D eigenvalue weighted by Gasteiger charge is 2.16. The average molecular weight is 229 g/mol. The van der Waals surface area contributed by atoms with Gasteiger partial charge in [0.1, 0.15) is 0 Å². The molecule has 0 bridgehead atoms. The number of pyridine rings is 2. The fourth-order valence-corrected chi connectivity index (χ4v) is 1.81. The minimum absolute atomic E-state index is 0.174. The molecule has 0 amide bonds. The zero-order valence-corrected chi connectivity index (χ0v) is 9.59. The number of nitrogens with zero attached hydrogens (tertiary/aromatic N) is 2. The molecule has 0 saturated carbocycles. The summed E-state index contributed by atoms with van der Waals surface area (Å²) in [5.74, 6) is 5.62. The lowest BCUT2D eigenvalue weighted by Crippen LogP contribution is -2.30. The van der Waals surface area contributed by atoms with Crippen molar-refractivity contribution in [2.45, 2.75) is 13.0 Å². The maximum Gasteiger partial charge on any atom is 0.0749 e. The molecule has 1 atom stereocenters. The minimum Gasteiger partial charge on any atom is -0.398 e. The van der Waals surface area contributed by atoms with E-state index in [1.54, 1.807) is 30.9 Å². The molecule has 5 N–H and O–H groups in total. The van der Waals surface area contributed by atoms with Gasteiger partial charge in [-0.15, -0.1) is 0 Å². The van der Waals surface area contributed by atoms with E-state index in [0.717, 1.165) is 16.7 Å². The number of hydrazine groups is 1. The largest absolute Gasteiger partial charge is 0.398 e. The van der Waals surface area contributed by atoms with Gasteiger partial charge in [-0.3, -0.25) is 15.8 Å². The molecule has 0 aromatic carbocycles. The van der Waals surface area contributed by atoms with Gasteiger partial charge in [-0.05, 0) is 30.2 Å². The summed E-state index contributed by atoms with van der Waals surface area (Å²) in [4.78, 5) is 8.14. The van der Waals surface area contributed by atoms with E-state index in [0.29, 0.717) is 5.69 Å². The van der Waals surface area contributed by atoms with E-state index >= 15 is 0 Å². The molecule has 88 valence electrons. The van der Waals surface area contributed by atoms with Gasteiger partial charge in [-0.1, -0.05) is 0 Å². The summed E-state index contributed by atoms with van der Waals surface area (Å²) in [6, 6.07) is 3.51. The number of hydrogen-bond donors (Lipinski definition) is 3. The highest BCUT2D eigenvalue weighted by Crippen LogP contribution is 2.26. The van der Waals surface area contributed by atoms with E-state index in [9.17, 15) is 0 Å². The molecule has 0 radical (unpaired) electrons. The van der Waals surface area contributed by atoms with Crippen molar-refractivity contribution in [1.82, 2.24) is 15.4 Å². The molecule has 17 heavy (non-hydrogen) atoms. The standard InChI is InChI=1S/C12H15N5/c1-8-6-15-4-2-9(8)12(17-14)10-7-16-5-3-11(10)13/h2-7,12,17H,14H2,1H3,(H2,13,16). The Labute approximate surface area is 99.9 Å². The van der Waals surface area contributed by atoms with Gasteiger partial charge in [0.2, 0.25) is 0 Å². The van der Waals surface area contributed by atoms with Crippen LogP contribution in [0.2, 0.25) is 0 Å². The summed E-state index contributed by atoms with van der Waals surface area (Å²) in [5, 5.41) is 0. The van der Waals surface area contributed by atoms with Crippen molar-refractivity contribution in [3.63, 3.8) is 0 Å². The molecule has 0 spiro atoms. The van der Waals surface area contributed by atoms with E-state index in [2.05, 4.69) is 15.4 Å². The summed E-state index contributed by atoms with van der Waals surface area (Å²) in [6.07, 6.45) is 6.91. The molecule has 0 aliphatic rings. The van der Waals surface area contributed by atoms with Crippen LogP contribution in [-0.2, 0) is 0 Å². The zero-order valence-electron chi connectivity index (χ0n) is 9.59. The van der Waals surface area contributed by atoms with Crippen LogP contribution in [0.25, 0.3) is 0 Å². The van der Waals surface area contributed by atoms with Gasteiger partial charge in [0.05, 0.1) is 6.04 Å². The van der Waals surface area contributed by atoms with Gasteiger partial charge in [0.15, 0.2) is 0 Å². The maximum absolute atomic E-state index is 5.93. The quantitative estimate of drug-likeness (QED) is 0.538. The van der Waals surface area contributed by atoms with Crippen LogP contribution >= 0.6 is 0 Å². The average Bonchev–Trinajstić information content (AvgIpc) is 2.34. The minimum atomic E-state index is -0.174. The van der Waals surface area contributed by atoms with Gasteiger partial charge in [0, 0.05) is 36.0 Å². The van der Waals surface area contributed by atoms with Gasteiger partial charge in [-0.25, -0.2) is 5.43 Å². The zero-order chi connectivity index (χ0) is 12.3. The second-order valence-corrected chi connectivity index (χ2v) is 3.84. The second kappa shape index (κ2) is 4.90. The predicted octanol–water partition coefficient (Wildman–Crippen LogP) is 0.920. The van der Waals surface area contributed by atoms with Crippen molar-refractivity contribution < 1.29 is 0 Å². The van der Waals surface area contributed by atoms with Crippen LogP contribution in [0.4, 0.5) is 5.69 Å². The SMILES string of the molecule is Cc1cnccc1C(NN)c1cnccc1N. The van der Waals surface area contributed by atoms with Gasteiger partial charge in [-0.2, -0.15) is 0 Å². The van der Waals surface area contributed by atoms with E-state index in [1.807, 2.05) is 13.0 Å². The molecule has 1 unspecified atom stereocenters. The first-order valence-corrected chi connectivity index (χ1v) is 5.30. The third-order valence-corrected chi connectivity index (χ3v) is 2.74. The lowest BCUT2D eigenvalue weighted by Gasteiger charge is -2.19. The first kappa shape index (κ1) is 11.5. The van der Waals surface area contributed by atoms with Crippen molar-refractivity contribution >= 4 is 5.69 Å².